The first-order valence-electron chi connectivity index (χ1n) is 6.97. The highest BCUT2D eigenvalue weighted by atomic mass is 16.5. The molecular weight excluding hydrogens is 260 g/mol. The van der Waals surface area contributed by atoms with Gasteiger partial charge in [0, 0.05) is 22.3 Å². The zero-order valence-corrected chi connectivity index (χ0v) is 11.9. The van der Waals surface area contributed by atoms with Crippen LogP contribution in [0.4, 0.5) is 0 Å². The van der Waals surface area contributed by atoms with Gasteiger partial charge in [0.05, 0.1) is 7.11 Å². The van der Waals surface area contributed by atoms with Crippen LogP contribution in [0.15, 0.2) is 48.5 Å². The van der Waals surface area contributed by atoms with Crippen LogP contribution in [0.2, 0.25) is 0 Å². The van der Waals surface area contributed by atoms with Gasteiger partial charge in [-0.25, -0.2) is 0 Å². The summed E-state index contributed by atoms with van der Waals surface area (Å²) in [4.78, 5) is 12.9. The van der Waals surface area contributed by atoms with Crippen LogP contribution < -0.4 is 4.74 Å². The minimum atomic E-state index is 0.0961. The molecule has 1 aliphatic rings. The second-order valence-electron chi connectivity index (χ2n) is 5.38. The van der Waals surface area contributed by atoms with Crippen LogP contribution in [0.5, 0.6) is 5.75 Å². The highest BCUT2D eigenvalue weighted by Crippen LogP contribution is 2.46. The lowest BCUT2D eigenvalue weighted by Gasteiger charge is -2.11. The van der Waals surface area contributed by atoms with Gasteiger partial charge in [0.1, 0.15) is 5.75 Å². The summed E-state index contributed by atoms with van der Waals surface area (Å²) in [7, 11) is 1.65. The van der Waals surface area contributed by atoms with E-state index in [0.29, 0.717) is 0 Å². The molecule has 0 spiro atoms. The van der Waals surface area contributed by atoms with Crippen molar-refractivity contribution >= 4 is 16.6 Å². The van der Waals surface area contributed by atoms with E-state index in [4.69, 9.17) is 4.74 Å². The van der Waals surface area contributed by atoms with Gasteiger partial charge >= 0.3 is 0 Å². The van der Waals surface area contributed by atoms with Crippen LogP contribution in [-0.2, 0) is 0 Å². The summed E-state index contributed by atoms with van der Waals surface area (Å²) in [5, 5.41) is 2.12. The Morgan fingerprint density at radius 3 is 2.52 bits per heavy atom. The van der Waals surface area contributed by atoms with Crippen molar-refractivity contribution in [2.24, 2.45) is 0 Å². The molecule has 0 atom stereocenters. The Balaban J connectivity index is 2.21. The number of hydrogen-bond donors (Lipinski definition) is 0. The second kappa shape index (κ2) is 4.19. The smallest absolute Gasteiger partial charge is 0.195 e. The van der Waals surface area contributed by atoms with Gasteiger partial charge in [-0.2, -0.15) is 0 Å². The molecule has 0 fully saturated rings. The summed E-state index contributed by atoms with van der Waals surface area (Å²) >= 11 is 0. The quantitative estimate of drug-likeness (QED) is 0.515. The van der Waals surface area contributed by atoms with Crippen molar-refractivity contribution in [2.45, 2.75) is 6.92 Å². The number of ketones is 1. The molecule has 102 valence electrons. The van der Waals surface area contributed by atoms with Crippen molar-refractivity contribution in [1.29, 1.82) is 0 Å². The van der Waals surface area contributed by atoms with E-state index in [9.17, 15) is 4.79 Å². The fraction of sp³-hybridized carbons (Fsp3) is 0.105. The molecule has 0 N–H and O–H groups in total. The van der Waals surface area contributed by atoms with Crippen LogP contribution in [0.3, 0.4) is 0 Å². The third kappa shape index (κ3) is 1.50. The zero-order valence-electron chi connectivity index (χ0n) is 11.9. The molecule has 0 radical (unpaired) electrons. The number of fused-ring (bicyclic) bond motifs is 5. The molecule has 0 saturated carbocycles. The van der Waals surface area contributed by atoms with E-state index in [1.807, 2.05) is 36.4 Å². The van der Waals surface area contributed by atoms with Crippen molar-refractivity contribution in [3.8, 4) is 16.9 Å². The van der Waals surface area contributed by atoms with Crippen LogP contribution in [0.25, 0.3) is 21.9 Å². The van der Waals surface area contributed by atoms with Crippen LogP contribution in [0.1, 0.15) is 21.5 Å². The Morgan fingerprint density at radius 2 is 1.71 bits per heavy atom. The van der Waals surface area contributed by atoms with E-state index in [1.165, 1.54) is 0 Å². The minimum Gasteiger partial charge on any atom is -0.496 e. The zero-order chi connectivity index (χ0) is 14.6. The predicted octanol–water partition coefficient (Wildman–Crippen LogP) is 4.37. The summed E-state index contributed by atoms with van der Waals surface area (Å²) < 4.78 is 5.48. The first kappa shape index (κ1) is 12.2. The highest BCUT2D eigenvalue weighted by Gasteiger charge is 2.32. The average Bonchev–Trinajstić information content (AvgIpc) is 2.82. The normalized spacial score (nSPS) is 12.4. The molecule has 0 heterocycles. The topological polar surface area (TPSA) is 26.3 Å². The lowest BCUT2D eigenvalue weighted by molar-refractivity contribution is 0.104. The first-order valence-corrected chi connectivity index (χ1v) is 6.97. The van der Waals surface area contributed by atoms with Gasteiger partial charge in [0.25, 0.3) is 0 Å². The molecule has 21 heavy (non-hydrogen) atoms. The minimum absolute atomic E-state index is 0.0961. The van der Waals surface area contributed by atoms with Crippen LogP contribution in [-0.4, -0.2) is 12.9 Å². The highest BCUT2D eigenvalue weighted by molar-refractivity contribution is 6.28. The predicted molar refractivity (Wildman–Crippen MR) is 84.1 cm³/mol. The average molecular weight is 274 g/mol. The summed E-state index contributed by atoms with van der Waals surface area (Å²) in [6.45, 7) is 2.06. The van der Waals surface area contributed by atoms with Crippen molar-refractivity contribution < 1.29 is 9.53 Å². The number of carbonyl (C=O) groups excluding carboxylic acids is 1. The Morgan fingerprint density at radius 1 is 0.905 bits per heavy atom. The summed E-state index contributed by atoms with van der Waals surface area (Å²) in [6.07, 6.45) is 0. The second-order valence-corrected chi connectivity index (χ2v) is 5.38. The van der Waals surface area contributed by atoms with Gasteiger partial charge in [0.2, 0.25) is 0 Å². The van der Waals surface area contributed by atoms with Gasteiger partial charge in [0.15, 0.2) is 5.78 Å². The van der Waals surface area contributed by atoms with Crippen molar-refractivity contribution in [3.63, 3.8) is 0 Å². The lowest BCUT2D eigenvalue weighted by atomic mass is 9.94. The third-order valence-corrected chi connectivity index (χ3v) is 4.21. The number of rotatable bonds is 1. The van der Waals surface area contributed by atoms with E-state index in [0.717, 1.165) is 44.3 Å². The van der Waals surface area contributed by atoms with E-state index in [1.54, 1.807) is 7.11 Å². The van der Waals surface area contributed by atoms with Gasteiger partial charge < -0.3 is 4.74 Å². The largest absolute Gasteiger partial charge is 0.496 e. The van der Waals surface area contributed by atoms with Crippen LogP contribution >= 0.6 is 0 Å². The molecule has 2 heteroatoms. The first-order chi connectivity index (χ1) is 10.2. The number of carbonyl (C=O) groups is 1. The van der Waals surface area contributed by atoms with Crippen molar-refractivity contribution in [3.05, 3.63) is 65.2 Å². The molecule has 3 aromatic carbocycles. The van der Waals surface area contributed by atoms with Gasteiger partial charge in [-0.15, -0.1) is 0 Å². The molecule has 4 rings (SSSR count). The maximum atomic E-state index is 12.9. The molecule has 0 unspecified atom stereocenters. The fourth-order valence-corrected chi connectivity index (χ4v) is 3.33. The molecule has 0 bridgehead atoms. The molecular formula is C19H14O2. The molecule has 0 aromatic heterocycles. The summed E-state index contributed by atoms with van der Waals surface area (Å²) in [5.41, 5.74) is 4.61. The Labute approximate surface area is 123 Å². The Kier molecular flexibility index (Phi) is 2.43. The van der Waals surface area contributed by atoms with Crippen molar-refractivity contribution in [2.75, 3.05) is 7.11 Å². The van der Waals surface area contributed by atoms with E-state index < -0.39 is 0 Å². The van der Waals surface area contributed by atoms with E-state index in [2.05, 4.69) is 19.1 Å². The van der Waals surface area contributed by atoms with Gasteiger partial charge in [-0.3, -0.25) is 4.79 Å². The summed E-state index contributed by atoms with van der Waals surface area (Å²) in [6, 6.07) is 15.9. The van der Waals surface area contributed by atoms with E-state index in [-0.39, 0.29) is 5.78 Å². The summed E-state index contributed by atoms with van der Waals surface area (Å²) in [5.74, 6) is 0.858. The fourth-order valence-electron chi connectivity index (χ4n) is 3.33. The number of aryl methyl sites for hydroxylation is 1. The molecule has 2 nitrogen and oxygen atoms in total. The molecule has 1 aliphatic carbocycles. The maximum Gasteiger partial charge on any atom is 0.195 e. The van der Waals surface area contributed by atoms with Crippen LogP contribution in [0, 0.1) is 6.92 Å². The Hall–Kier alpha value is -2.61. The number of methoxy groups -OCH3 is 1. The molecule has 0 saturated heterocycles. The number of ether oxygens (including phenoxy) is 1. The maximum absolute atomic E-state index is 12.9. The standard InChI is InChI=1S/C19H14O2/c1-11-10-12-6-3-4-7-13(12)18-16(11)17-14(19(18)20)8-5-9-15(17)21-2/h3-10H,1-2H3. The number of benzene rings is 3. The van der Waals surface area contributed by atoms with Gasteiger partial charge in [-0.1, -0.05) is 42.5 Å². The SMILES string of the molecule is COc1cccc2c1-c1c(C)cc3ccccc3c1C2=O. The van der Waals surface area contributed by atoms with E-state index >= 15 is 0 Å². The molecule has 0 aliphatic heterocycles. The lowest BCUT2D eigenvalue weighted by Crippen LogP contribution is -1.97. The van der Waals surface area contributed by atoms with Crippen molar-refractivity contribution in [1.82, 2.24) is 0 Å². The third-order valence-electron chi connectivity index (χ3n) is 4.21. The molecule has 3 aromatic rings. The number of hydrogen-bond acceptors (Lipinski definition) is 2. The Bertz CT molecular complexity index is 907. The monoisotopic (exact) mass is 274 g/mol. The van der Waals surface area contributed by atoms with Gasteiger partial charge in [-0.05, 0) is 29.3 Å². The molecule has 0 amide bonds.